The normalized spacial score (nSPS) is 13.2. The van der Waals surface area contributed by atoms with Crippen LogP contribution in [0.15, 0.2) is 28.7 Å². The van der Waals surface area contributed by atoms with Gasteiger partial charge in [-0.15, -0.1) is 0 Å². The van der Waals surface area contributed by atoms with Gasteiger partial charge in [0.1, 0.15) is 11.1 Å². The summed E-state index contributed by atoms with van der Waals surface area (Å²) in [5, 5.41) is 12.6. The summed E-state index contributed by atoms with van der Waals surface area (Å²) in [5.74, 6) is -1.39. The molecule has 0 spiro atoms. The number of esters is 1. The first kappa shape index (κ1) is 20.5. The summed E-state index contributed by atoms with van der Waals surface area (Å²) in [7, 11) is 0. The second-order valence-electron chi connectivity index (χ2n) is 6.64. The van der Waals surface area contributed by atoms with E-state index >= 15 is 0 Å². The van der Waals surface area contributed by atoms with Crippen molar-refractivity contribution in [3.05, 3.63) is 35.6 Å². The number of fused-ring (bicyclic) bond motifs is 1. The van der Waals surface area contributed by atoms with Gasteiger partial charge in [0.2, 0.25) is 5.76 Å². The third-order valence-electron chi connectivity index (χ3n) is 4.45. The molecule has 0 fully saturated rings. The zero-order chi connectivity index (χ0) is 20.0. The predicted octanol–water partition coefficient (Wildman–Crippen LogP) is 3.18. The van der Waals surface area contributed by atoms with Crippen LogP contribution < -0.4 is 5.32 Å². The number of nitrogens with zero attached hydrogens (tertiary/aromatic N) is 1. The van der Waals surface area contributed by atoms with Gasteiger partial charge in [0.15, 0.2) is 6.61 Å². The van der Waals surface area contributed by atoms with E-state index in [0.29, 0.717) is 17.8 Å². The van der Waals surface area contributed by atoms with Gasteiger partial charge in [-0.25, -0.2) is 4.79 Å². The summed E-state index contributed by atoms with van der Waals surface area (Å²) in [5.41, 5.74) is 0.0885. The van der Waals surface area contributed by atoms with Crippen LogP contribution in [0.4, 0.5) is 0 Å². The van der Waals surface area contributed by atoms with E-state index in [9.17, 15) is 14.9 Å². The van der Waals surface area contributed by atoms with Crippen molar-refractivity contribution < 1.29 is 23.5 Å². The first-order valence-corrected chi connectivity index (χ1v) is 8.80. The van der Waals surface area contributed by atoms with E-state index in [-0.39, 0.29) is 18.3 Å². The fourth-order valence-corrected chi connectivity index (χ4v) is 2.43. The highest BCUT2D eigenvalue weighted by molar-refractivity contribution is 5.96. The molecule has 0 aliphatic rings. The van der Waals surface area contributed by atoms with Gasteiger partial charge in [0.25, 0.3) is 5.91 Å². The number of carbonyl (C=O) groups is 2. The highest BCUT2D eigenvalue weighted by Crippen LogP contribution is 2.27. The van der Waals surface area contributed by atoms with Crippen LogP contribution in [0, 0.1) is 17.2 Å². The van der Waals surface area contributed by atoms with E-state index < -0.39 is 24.0 Å². The van der Waals surface area contributed by atoms with Crippen LogP contribution in [0.1, 0.15) is 43.8 Å². The summed E-state index contributed by atoms with van der Waals surface area (Å²) in [6.45, 7) is 7.30. The topological polar surface area (TPSA) is 102 Å². The molecule has 1 aromatic heterocycles. The van der Waals surface area contributed by atoms with Crippen molar-refractivity contribution in [3.63, 3.8) is 0 Å². The molecule has 2 aromatic rings. The van der Waals surface area contributed by atoms with Crippen molar-refractivity contribution in [2.24, 2.45) is 5.92 Å². The lowest BCUT2D eigenvalue weighted by molar-refractivity contribution is -0.125. The minimum atomic E-state index is -1.04. The number of hydrogen-bond acceptors (Lipinski definition) is 6. The fraction of sp³-hybridized carbons (Fsp3) is 0.450. The number of benzene rings is 1. The Kier molecular flexibility index (Phi) is 6.59. The Morgan fingerprint density at radius 1 is 1.33 bits per heavy atom. The number of ether oxygens (including phenoxy) is 2. The third kappa shape index (κ3) is 4.66. The largest absolute Gasteiger partial charge is 0.450 e. The number of carbonyl (C=O) groups excluding carboxylic acids is 2. The number of nitriles is 1. The Balaban J connectivity index is 2.12. The zero-order valence-electron chi connectivity index (χ0n) is 16.0. The molecule has 1 amide bonds. The smallest absolute Gasteiger partial charge is 0.375 e. The van der Waals surface area contributed by atoms with Crippen LogP contribution in [0.5, 0.6) is 0 Å². The molecule has 0 radical (unpaired) electrons. The van der Waals surface area contributed by atoms with Gasteiger partial charge < -0.3 is 19.2 Å². The molecule has 0 bridgehead atoms. The SMILES string of the molecule is CCOCc1c(C(=O)OCC(=O)NC(C)(C#N)C(C)C)oc2ccccc12. The maximum atomic E-state index is 12.5. The zero-order valence-corrected chi connectivity index (χ0v) is 16.0. The molecule has 0 saturated carbocycles. The Morgan fingerprint density at radius 3 is 2.67 bits per heavy atom. The summed E-state index contributed by atoms with van der Waals surface area (Å²) in [6, 6.07) is 9.28. The van der Waals surface area contributed by atoms with E-state index in [2.05, 4.69) is 11.4 Å². The fourth-order valence-electron chi connectivity index (χ4n) is 2.43. The van der Waals surface area contributed by atoms with E-state index in [1.807, 2.05) is 32.9 Å². The van der Waals surface area contributed by atoms with Crippen molar-refractivity contribution in [3.8, 4) is 6.07 Å². The molecule has 0 aliphatic heterocycles. The van der Waals surface area contributed by atoms with Gasteiger partial charge in [-0.1, -0.05) is 32.0 Å². The maximum Gasteiger partial charge on any atom is 0.375 e. The van der Waals surface area contributed by atoms with Crippen LogP contribution in [0.3, 0.4) is 0 Å². The Hall–Kier alpha value is -2.85. The van der Waals surface area contributed by atoms with Crippen molar-refractivity contribution >= 4 is 22.8 Å². The van der Waals surface area contributed by atoms with Crippen molar-refractivity contribution in [2.45, 2.75) is 39.8 Å². The minimum absolute atomic E-state index is 0.0179. The van der Waals surface area contributed by atoms with Crippen LogP contribution >= 0.6 is 0 Å². The summed E-state index contributed by atoms with van der Waals surface area (Å²) < 4.78 is 16.1. The molecule has 7 nitrogen and oxygen atoms in total. The molecular weight excluding hydrogens is 348 g/mol. The molecule has 0 saturated heterocycles. The summed E-state index contributed by atoms with van der Waals surface area (Å²) >= 11 is 0. The first-order valence-electron chi connectivity index (χ1n) is 8.80. The second-order valence-corrected chi connectivity index (χ2v) is 6.64. The molecule has 7 heteroatoms. The van der Waals surface area contributed by atoms with Crippen LogP contribution in [-0.2, 0) is 20.9 Å². The van der Waals surface area contributed by atoms with Gasteiger partial charge in [-0.05, 0) is 25.8 Å². The average Bonchev–Trinajstić information content (AvgIpc) is 3.02. The minimum Gasteiger partial charge on any atom is -0.450 e. The predicted molar refractivity (Wildman–Crippen MR) is 98.8 cm³/mol. The highest BCUT2D eigenvalue weighted by Gasteiger charge is 2.30. The van der Waals surface area contributed by atoms with Crippen LogP contribution in [0.25, 0.3) is 11.0 Å². The first-order chi connectivity index (χ1) is 12.8. The van der Waals surface area contributed by atoms with Crippen LogP contribution in [0.2, 0.25) is 0 Å². The molecular formula is C20H24N2O5. The second kappa shape index (κ2) is 8.69. The van der Waals surface area contributed by atoms with Gasteiger partial charge in [-0.2, -0.15) is 5.26 Å². The number of amides is 1. The number of hydrogen-bond donors (Lipinski definition) is 1. The van der Waals surface area contributed by atoms with E-state index in [1.54, 1.807) is 19.1 Å². The van der Waals surface area contributed by atoms with Crippen molar-refractivity contribution in [1.82, 2.24) is 5.32 Å². The van der Waals surface area contributed by atoms with Gasteiger partial charge in [0, 0.05) is 17.6 Å². The Labute approximate surface area is 158 Å². The standard InChI is InChI=1S/C20H24N2O5/c1-5-25-10-15-14-8-6-7-9-16(14)27-18(15)19(24)26-11-17(23)22-20(4,12-21)13(2)3/h6-9,13H,5,10-11H2,1-4H3,(H,22,23). The van der Waals surface area contributed by atoms with E-state index in [4.69, 9.17) is 13.9 Å². The van der Waals surface area contributed by atoms with Crippen molar-refractivity contribution in [1.29, 1.82) is 5.26 Å². The summed E-state index contributed by atoms with van der Waals surface area (Å²) in [6.07, 6.45) is 0. The molecule has 0 aliphatic carbocycles. The lowest BCUT2D eigenvalue weighted by Gasteiger charge is -2.27. The lowest BCUT2D eigenvalue weighted by Crippen LogP contribution is -2.50. The number of rotatable bonds is 8. The quantitative estimate of drug-likeness (QED) is 0.714. The molecule has 1 atom stereocenters. The average molecular weight is 372 g/mol. The Bertz CT molecular complexity index is 865. The van der Waals surface area contributed by atoms with Gasteiger partial charge in [-0.3, -0.25) is 4.79 Å². The highest BCUT2D eigenvalue weighted by atomic mass is 16.5. The molecule has 1 aromatic carbocycles. The molecule has 144 valence electrons. The Morgan fingerprint density at radius 2 is 2.04 bits per heavy atom. The van der Waals surface area contributed by atoms with Crippen LogP contribution in [-0.4, -0.2) is 30.6 Å². The maximum absolute atomic E-state index is 12.5. The van der Waals surface area contributed by atoms with E-state index in [1.165, 1.54) is 0 Å². The van der Waals surface area contributed by atoms with Gasteiger partial charge in [0.05, 0.1) is 12.7 Å². The molecule has 27 heavy (non-hydrogen) atoms. The number of nitrogens with one attached hydrogen (secondary N) is 1. The molecule has 1 N–H and O–H groups in total. The number of furan rings is 1. The molecule has 1 unspecified atom stereocenters. The molecule has 1 heterocycles. The van der Waals surface area contributed by atoms with E-state index in [0.717, 1.165) is 5.39 Å². The summed E-state index contributed by atoms with van der Waals surface area (Å²) in [4.78, 5) is 24.5. The lowest BCUT2D eigenvalue weighted by atomic mass is 9.90. The molecule has 2 rings (SSSR count). The third-order valence-corrected chi connectivity index (χ3v) is 4.45. The number of para-hydroxylation sites is 1. The van der Waals surface area contributed by atoms with Gasteiger partial charge >= 0.3 is 5.97 Å². The van der Waals surface area contributed by atoms with Crippen molar-refractivity contribution in [2.75, 3.05) is 13.2 Å². The monoisotopic (exact) mass is 372 g/mol.